The van der Waals surface area contributed by atoms with Crippen LogP contribution in [0, 0.1) is 0 Å². The number of hydrogen-bond donors (Lipinski definition) is 1. The maximum absolute atomic E-state index is 4.57. The van der Waals surface area contributed by atoms with E-state index in [1.807, 2.05) is 6.20 Å². The number of nitrogens with zero attached hydrogens (tertiary/aromatic N) is 2. The molecule has 0 radical (unpaired) electrons. The van der Waals surface area contributed by atoms with Crippen LogP contribution in [0.1, 0.15) is 50.1 Å². The van der Waals surface area contributed by atoms with Gasteiger partial charge in [-0.05, 0) is 51.8 Å². The molecule has 1 aromatic heterocycles. The molecule has 3 nitrogen and oxygen atoms in total. The summed E-state index contributed by atoms with van der Waals surface area (Å²) in [6, 6.07) is 5.53. The Morgan fingerprint density at radius 1 is 1.22 bits per heavy atom. The first-order valence-electron chi connectivity index (χ1n) is 7.26. The number of hydrogen-bond acceptors (Lipinski definition) is 3. The Bertz CT molecular complexity index is 400. The van der Waals surface area contributed by atoms with Crippen LogP contribution in [0.5, 0.6) is 0 Å². The van der Waals surface area contributed by atoms with Crippen LogP contribution in [-0.2, 0) is 0 Å². The standard InChI is InChI=1S/C15H23N3/c1-18-11-3-2-9-14(18)13-8-5-10-16-15(13)17-12-6-4-7-12/h5,8,10,12,14H,2-4,6-7,9,11H2,1H3,(H,16,17). The van der Waals surface area contributed by atoms with Gasteiger partial charge in [-0.15, -0.1) is 0 Å². The highest BCUT2D eigenvalue weighted by atomic mass is 15.1. The Morgan fingerprint density at radius 3 is 2.83 bits per heavy atom. The predicted molar refractivity (Wildman–Crippen MR) is 74.7 cm³/mol. The number of pyridine rings is 1. The average molecular weight is 245 g/mol. The van der Waals surface area contributed by atoms with Crippen molar-refractivity contribution in [3.8, 4) is 0 Å². The number of nitrogens with one attached hydrogen (secondary N) is 1. The second-order valence-electron chi connectivity index (χ2n) is 5.71. The average Bonchev–Trinajstić information content (AvgIpc) is 2.35. The summed E-state index contributed by atoms with van der Waals surface area (Å²) in [5, 5.41) is 3.63. The molecule has 1 aliphatic heterocycles. The Morgan fingerprint density at radius 2 is 2.11 bits per heavy atom. The van der Waals surface area contributed by atoms with E-state index < -0.39 is 0 Å². The highest BCUT2D eigenvalue weighted by Crippen LogP contribution is 2.34. The predicted octanol–water partition coefficient (Wildman–Crippen LogP) is 3.20. The fourth-order valence-electron chi connectivity index (χ4n) is 3.02. The van der Waals surface area contributed by atoms with Crippen molar-refractivity contribution in [3.63, 3.8) is 0 Å². The molecule has 1 saturated carbocycles. The first-order valence-corrected chi connectivity index (χ1v) is 7.26. The minimum atomic E-state index is 0.551. The van der Waals surface area contributed by atoms with Crippen molar-refractivity contribution < 1.29 is 0 Å². The summed E-state index contributed by atoms with van der Waals surface area (Å²) in [6.07, 6.45) is 9.82. The molecule has 0 spiro atoms. The van der Waals surface area contributed by atoms with Crippen molar-refractivity contribution in [3.05, 3.63) is 23.9 Å². The summed E-state index contributed by atoms with van der Waals surface area (Å²) in [4.78, 5) is 7.05. The van der Waals surface area contributed by atoms with E-state index in [4.69, 9.17) is 0 Å². The van der Waals surface area contributed by atoms with Gasteiger partial charge in [0, 0.05) is 23.8 Å². The molecule has 3 heteroatoms. The van der Waals surface area contributed by atoms with E-state index in [0.29, 0.717) is 12.1 Å². The number of aromatic nitrogens is 1. The zero-order chi connectivity index (χ0) is 12.4. The van der Waals surface area contributed by atoms with Gasteiger partial charge < -0.3 is 5.32 Å². The number of likely N-dealkylation sites (tertiary alicyclic amines) is 1. The maximum atomic E-state index is 4.57. The molecule has 1 atom stereocenters. The maximum Gasteiger partial charge on any atom is 0.130 e. The molecule has 1 saturated heterocycles. The third kappa shape index (κ3) is 2.37. The molecular formula is C15H23N3. The molecular weight excluding hydrogens is 222 g/mol. The molecule has 18 heavy (non-hydrogen) atoms. The fourth-order valence-corrected chi connectivity index (χ4v) is 3.02. The third-order valence-electron chi connectivity index (χ3n) is 4.41. The summed E-state index contributed by atoms with van der Waals surface area (Å²) in [7, 11) is 2.24. The first kappa shape index (κ1) is 12.0. The molecule has 0 bridgehead atoms. The minimum absolute atomic E-state index is 0.551. The molecule has 1 aromatic rings. The van der Waals surface area contributed by atoms with E-state index in [2.05, 4.69) is 34.4 Å². The lowest BCUT2D eigenvalue weighted by atomic mass is 9.92. The van der Waals surface area contributed by atoms with E-state index in [1.165, 1.54) is 50.6 Å². The van der Waals surface area contributed by atoms with Crippen molar-refractivity contribution >= 4 is 5.82 Å². The largest absolute Gasteiger partial charge is 0.367 e. The lowest BCUT2D eigenvalue weighted by Crippen LogP contribution is -2.32. The van der Waals surface area contributed by atoms with Crippen LogP contribution < -0.4 is 5.32 Å². The smallest absolute Gasteiger partial charge is 0.130 e. The van der Waals surface area contributed by atoms with E-state index in [0.717, 1.165) is 5.82 Å². The quantitative estimate of drug-likeness (QED) is 0.886. The van der Waals surface area contributed by atoms with Crippen molar-refractivity contribution in [2.75, 3.05) is 18.9 Å². The summed E-state index contributed by atoms with van der Waals surface area (Å²) in [5.41, 5.74) is 1.40. The zero-order valence-corrected chi connectivity index (χ0v) is 11.2. The van der Waals surface area contributed by atoms with Gasteiger partial charge in [0.25, 0.3) is 0 Å². The van der Waals surface area contributed by atoms with Crippen LogP contribution in [0.4, 0.5) is 5.82 Å². The van der Waals surface area contributed by atoms with Crippen molar-refractivity contribution in [2.45, 2.75) is 50.6 Å². The summed E-state index contributed by atoms with van der Waals surface area (Å²) >= 11 is 0. The number of piperidine rings is 1. The van der Waals surface area contributed by atoms with E-state index in [1.54, 1.807) is 0 Å². The van der Waals surface area contributed by atoms with Crippen LogP contribution in [0.2, 0.25) is 0 Å². The Kier molecular flexibility index (Phi) is 3.50. The molecule has 2 aliphatic rings. The minimum Gasteiger partial charge on any atom is -0.367 e. The van der Waals surface area contributed by atoms with Crippen LogP contribution in [0.3, 0.4) is 0 Å². The van der Waals surface area contributed by atoms with Gasteiger partial charge in [-0.25, -0.2) is 4.98 Å². The lowest BCUT2D eigenvalue weighted by Gasteiger charge is -2.35. The fraction of sp³-hybridized carbons (Fsp3) is 0.667. The molecule has 0 aromatic carbocycles. The van der Waals surface area contributed by atoms with Crippen LogP contribution in [0.15, 0.2) is 18.3 Å². The van der Waals surface area contributed by atoms with Gasteiger partial charge in [0.2, 0.25) is 0 Å². The first-order chi connectivity index (χ1) is 8.84. The number of anilines is 1. The second-order valence-corrected chi connectivity index (χ2v) is 5.71. The molecule has 1 unspecified atom stereocenters. The third-order valence-corrected chi connectivity index (χ3v) is 4.41. The summed E-state index contributed by atoms with van der Waals surface area (Å²) < 4.78 is 0. The van der Waals surface area contributed by atoms with E-state index in [9.17, 15) is 0 Å². The molecule has 0 amide bonds. The normalized spacial score (nSPS) is 25.7. The van der Waals surface area contributed by atoms with E-state index in [-0.39, 0.29) is 0 Å². The molecule has 98 valence electrons. The van der Waals surface area contributed by atoms with Crippen molar-refractivity contribution in [1.82, 2.24) is 9.88 Å². The topological polar surface area (TPSA) is 28.2 Å². The van der Waals surface area contributed by atoms with Gasteiger partial charge in [0.1, 0.15) is 5.82 Å². The summed E-state index contributed by atoms with van der Waals surface area (Å²) in [6.45, 7) is 1.21. The zero-order valence-electron chi connectivity index (χ0n) is 11.2. The van der Waals surface area contributed by atoms with Gasteiger partial charge in [0.05, 0.1) is 0 Å². The van der Waals surface area contributed by atoms with Crippen LogP contribution in [-0.4, -0.2) is 29.5 Å². The molecule has 1 N–H and O–H groups in total. The SMILES string of the molecule is CN1CCCCC1c1cccnc1NC1CCC1. The van der Waals surface area contributed by atoms with Gasteiger partial charge in [-0.1, -0.05) is 12.5 Å². The molecule has 2 fully saturated rings. The Hall–Kier alpha value is -1.09. The Balaban J connectivity index is 1.80. The van der Waals surface area contributed by atoms with Gasteiger partial charge in [0.15, 0.2) is 0 Å². The highest BCUT2D eigenvalue weighted by molar-refractivity contribution is 5.47. The summed E-state index contributed by atoms with van der Waals surface area (Å²) in [5.74, 6) is 1.13. The Labute approximate surface area is 110 Å². The molecule has 2 heterocycles. The van der Waals surface area contributed by atoms with Crippen LogP contribution >= 0.6 is 0 Å². The van der Waals surface area contributed by atoms with Gasteiger partial charge in [-0.3, -0.25) is 4.90 Å². The number of rotatable bonds is 3. The molecule has 3 rings (SSSR count). The van der Waals surface area contributed by atoms with Gasteiger partial charge in [-0.2, -0.15) is 0 Å². The highest BCUT2D eigenvalue weighted by Gasteiger charge is 2.25. The lowest BCUT2D eigenvalue weighted by molar-refractivity contribution is 0.187. The molecule has 1 aliphatic carbocycles. The van der Waals surface area contributed by atoms with Crippen molar-refractivity contribution in [1.29, 1.82) is 0 Å². The van der Waals surface area contributed by atoms with Crippen molar-refractivity contribution in [2.24, 2.45) is 0 Å². The monoisotopic (exact) mass is 245 g/mol. The second kappa shape index (κ2) is 5.27. The van der Waals surface area contributed by atoms with Crippen LogP contribution in [0.25, 0.3) is 0 Å². The van der Waals surface area contributed by atoms with E-state index >= 15 is 0 Å². The van der Waals surface area contributed by atoms with Gasteiger partial charge >= 0.3 is 0 Å².